The molecule has 4 fully saturated rings. The van der Waals surface area contributed by atoms with Crippen LogP contribution in [-0.2, 0) is 0 Å². The van der Waals surface area contributed by atoms with Crippen LogP contribution in [0.15, 0.2) is 0 Å². The highest BCUT2D eigenvalue weighted by Gasteiger charge is 2.56. The largest absolute Gasteiger partial charge is 0.110 e. The first kappa shape index (κ1) is 9.18. The van der Waals surface area contributed by atoms with Gasteiger partial charge >= 0.3 is 0 Å². The number of rotatable bonds is 1. The predicted molar refractivity (Wildman–Crippen MR) is 59.1 cm³/mol. The van der Waals surface area contributed by atoms with Crippen LogP contribution < -0.4 is 0 Å². The van der Waals surface area contributed by atoms with Crippen LogP contribution in [0.1, 0.15) is 32.1 Å². The SMILES string of the molecule is ClSC1(Cl)C2CC3CC(C2)CC1C3. The molecule has 0 heterocycles. The van der Waals surface area contributed by atoms with Crippen LogP contribution in [0.3, 0.4) is 0 Å². The van der Waals surface area contributed by atoms with Gasteiger partial charge < -0.3 is 0 Å². The second-order valence-electron chi connectivity index (χ2n) is 5.08. The molecule has 0 nitrogen and oxygen atoms in total. The molecular formula is C10H14Cl2S. The van der Waals surface area contributed by atoms with Gasteiger partial charge in [-0.3, -0.25) is 0 Å². The minimum absolute atomic E-state index is 0.102. The summed E-state index contributed by atoms with van der Waals surface area (Å²) in [5.74, 6) is 3.37. The summed E-state index contributed by atoms with van der Waals surface area (Å²) < 4.78 is -0.102. The topological polar surface area (TPSA) is 0 Å². The lowest BCUT2D eigenvalue weighted by molar-refractivity contribution is 0.0131. The first-order valence-electron chi connectivity index (χ1n) is 5.21. The molecular weight excluding hydrogens is 223 g/mol. The van der Waals surface area contributed by atoms with Crippen LogP contribution in [0.5, 0.6) is 0 Å². The Bertz CT molecular complexity index is 201. The lowest BCUT2D eigenvalue weighted by atomic mass is 9.56. The Morgan fingerprint density at radius 2 is 1.38 bits per heavy atom. The molecule has 3 heteroatoms. The van der Waals surface area contributed by atoms with Crippen molar-refractivity contribution in [1.29, 1.82) is 0 Å². The Kier molecular flexibility index (Phi) is 2.09. The van der Waals surface area contributed by atoms with Crippen molar-refractivity contribution in [3.05, 3.63) is 0 Å². The summed E-state index contributed by atoms with van der Waals surface area (Å²) in [4.78, 5) is 0. The van der Waals surface area contributed by atoms with Gasteiger partial charge in [0.05, 0.1) is 0 Å². The Morgan fingerprint density at radius 3 is 1.77 bits per heavy atom. The number of halogens is 2. The van der Waals surface area contributed by atoms with Crippen LogP contribution in [0, 0.1) is 23.7 Å². The number of hydrogen-bond acceptors (Lipinski definition) is 1. The third-order valence-corrected chi connectivity index (χ3v) is 7.12. The average Bonchev–Trinajstić information content (AvgIpc) is 2.13. The molecule has 0 aliphatic heterocycles. The van der Waals surface area contributed by atoms with E-state index in [1.165, 1.54) is 43.1 Å². The summed E-state index contributed by atoms with van der Waals surface area (Å²) >= 11 is 6.64. The lowest BCUT2D eigenvalue weighted by Crippen LogP contribution is -2.52. The van der Waals surface area contributed by atoms with Gasteiger partial charge in [0.1, 0.15) is 4.21 Å². The first-order valence-corrected chi connectivity index (χ1v) is 7.23. The van der Waals surface area contributed by atoms with E-state index >= 15 is 0 Å². The zero-order chi connectivity index (χ0) is 9.05. The van der Waals surface area contributed by atoms with E-state index in [-0.39, 0.29) is 4.21 Å². The maximum Gasteiger partial charge on any atom is 0.110 e. The van der Waals surface area contributed by atoms with Crippen molar-refractivity contribution in [3.63, 3.8) is 0 Å². The first-order chi connectivity index (χ1) is 6.22. The normalized spacial score (nSPS) is 58.6. The van der Waals surface area contributed by atoms with Crippen LogP contribution in [-0.4, -0.2) is 4.21 Å². The van der Waals surface area contributed by atoms with E-state index < -0.39 is 0 Å². The molecule has 0 aromatic carbocycles. The highest BCUT2D eigenvalue weighted by atomic mass is 35.7. The molecule has 4 rings (SSSR count). The fourth-order valence-corrected chi connectivity index (χ4v) is 5.70. The van der Waals surface area contributed by atoms with E-state index in [1.54, 1.807) is 0 Å². The Hall–Kier alpha value is 0.930. The predicted octanol–water partition coefficient (Wildman–Crippen LogP) is 4.26. The molecule has 0 saturated heterocycles. The fraction of sp³-hybridized carbons (Fsp3) is 1.00. The summed E-state index contributed by atoms with van der Waals surface area (Å²) in [6.07, 6.45) is 6.85. The third-order valence-electron chi connectivity index (χ3n) is 4.37. The smallest absolute Gasteiger partial charge is 0.105 e. The van der Waals surface area contributed by atoms with Crippen molar-refractivity contribution < 1.29 is 0 Å². The van der Waals surface area contributed by atoms with Gasteiger partial charge in [-0.25, -0.2) is 0 Å². The molecule has 0 radical (unpaired) electrons. The van der Waals surface area contributed by atoms with E-state index in [9.17, 15) is 0 Å². The van der Waals surface area contributed by atoms with Crippen molar-refractivity contribution >= 4 is 33.3 Å². The molecule has 74 valence electrons. The van der Waals surface area contributed by atoms with E-state index in [1.807, 2.05) is 0 Å². The van der Waals surface area contributed by atoms with Gasteiger partial charge in [0.2, 0.25) is 0 Å². The summed E-state index contributed by atoms with van der Waals surface area (Å²) in [5, 5.41) is 0. The molecule has 4 aliphatic carbocycles. The second kappa shape index (κ2) is 2.96. The number of hydrogen-bond donors (Lipinski definition) is 0. The van der Waals surface area contributed by atoms with Gasteiger partial charge in [-0.05, 0) is 77.4 Å². The van der Waals surface area contributed by atoms with Crippen molar-refractivity contribution in [2.24, 2.45) is 23.7 Å². The van der Waals surface area contributed by atoms with Crippen molar-refractivity contribution in [1.82, 2.24) is 0 Å². The third kappa shape index (κ3) is 1.20. The molecule has 0 aromatic rings. The molecule has 13 heavy (non-hydrogen) atoms. The van der Waals surface area contributed by atoms with E-state index in [2.05, 4.69) is 0 Å². The van der Waals surface area contributed by atoms with Gasteiger partial charge in [0.15, 0.2) is 0 Å². The summed E-state index contributed by atoms with van der Waals surface area (Å²) in [7, 11) is 7.37. The van der Waals surface area contributed by atoms with E-state index in [0.29, 0.717) is 11.8 Å². The fourth-order valence-electron chi connectivity index (χ4n) is 3.95. The highest BCUT2D eigenvalue weighted by Crippen LogP contribution is 2.65. The molecule has 0 N–H and O–H groups in total. The van der Waals surface area contributed by atoms with Crippen LogP contribution in [0.25, 0.3) is 0 Å². The zero-order valence-corrected chi connectivity index (χ0v) is 9.84. The van der Waals surface area contributed by atoms with Gasteiger partial charge in [0.25, 0.3) is 0 Å². The lowest BCUT2D eigenvalue weighted by Gasteiger charge is -2.57. The van der Waals surface area contributed by atoms with Crippen LogP contribution >= 0.6 is 33.3 Å². The van der Waals surface area contributed by atoms with Gasteiger partial charge in [-0.1, -0.05) is 0 Å². The second-order valence-corrected chi connectivity index (χ2v) is 7.22. The molecule has 0 atom stereocenters. The maximum absolute atomic E-state index is 6.64. The Labute approximate surface area is 93.2 Å². The Morgan fingerprint density at radius 1 is 0.923 bits per heavy atom. The molecule has 4 saturated carbocycles. The highest BCUT2D eigenvalue weighted by molar-refractivity contribution is 8.23. The van der Waals surface area contributed by atoms with Gasteiger partial charge in [0, 0.05) is 0 Å². The molecule has 0 unspecified atom stereocenters. The molecule has 4 aliphatic rings. The van der Waals surface area contributed by atoms with Crippen LogP contribution in [0.4, 0.5) is 0 Å². The Balaban J connectivity index is 1.93. The monoisotopic (exact) mass is 236 g/mol. The minimum atomic E-state index is -0.102. The van der Waals surface area contributed by atoms with Gasteiger partial charge in [-0.2, -0.15) is 0 Å². The van der Waals surface area contributed by atoms with E-state index in [0.717, 1.165) is 11.8 Å². The minimum Gasteiger partial charge on any atom is -0.105 e. The van der Waals surface area contributed by atoms with E-state index in [4.69, 9.17) is 22.3 Å². The standard InChI is InChI=1S/C10H14Cl2S/c11-10(13-12)8-2-6-1-7(4-8)5-9(10)3-6/h6-9H,1-5H2. The summed E-state index contributed by atoms with van der Waals surface area (Å²) in [5.41, 5.74) is 0. The average molecular weight is 237 g/mol. The molecule has 0 amide bonds. The summed E-state index contributed by atoms with van der Waals surface area (Å²) in [6, 6.07) is 0. The van der Waals surface area contributed by atoms with Crippen molar-refractivity contribution in [2.75, 3.05) is 0 Å². The molecule has 0 aromatic heterocycles. The molecule has 4 bridgehead atoms. The summed E-state index contributed by atoms with van der Waals surface area (Å²) in [6.45, 7) is 0. The van der Waals surface area contributed by atoms with Gasteiger partial charge in [-0.15, -0.1) is 11.6 Å². The molecule has 0 spiro atoms. The van der Waals surface area contributed by atoms with Crippen molar-refractivity contribution in [3.8, 4) is 0 Å². The quantitative estimate of drug-likeness (QED) is 0.614. The zero-order valence-electron chi connectivity index (χ0n) is 7.51. The number of alkyl halides is 1. The van der Waals surface area contributed by atoms with Crippen molar-refractivity contribution in [2.45, 2.75) is 36.3 Å². The van der Waals surface area contributed by atoms with Crippen LogP contribution in [0.2, 0.25) is 0 Å². The maximum atomic E-state index is 6.64.